The summed E-state index contributed by atoms with van der Waals surface area (Å²) in [5.74, 6) is 2.31. The Labute approximate surface area is 188 Å². The lowest BCUT2D eigenvalue weighted by Crippen LogP contribution is -2.37. The number of rotatable bonds is 5. The van der Waals surface area contributed by atoms with Gasteiger partial charge >= 0.3 is 0 Å². The lowest BCUT2D eigenvalue weighted by Gasteiger charge is -2.31. The van der Waals surface area contributed by atoms with Crippen LogP contribution in [0.4, 0.5) is 5.95 Å². The van der Waals surface area contributed by atoms with Crippen LogP contribution in [-0.2, 0) is 0 Å². The van der Waals surface area contributed by atoms with Gasteiger partial charge in [0.2, 0.25) is 5.95 Å². The van der Waals surface area contributed by atoms with Crippen molar-refractivity contribution >= 4 is 16.7 Å². The summed E-state index contributed by atoms with van der Waals surface area (Å²) in [5, 5.41) is 2.38. The molecule has 1 fully saturated rings. The fourth-order valence-electron chi connectivity index (χ4n) is 4.49. The van der Waals surface area contributed by atoms with E-state index in [0.29, 0.717) is 5.92 Å². The van der Waals surface area contributed by atoms with Gasteiger partial charge in [-0.1, -0.05) is 42.5 Å². The van der Waals surface area contributed by atoms with Gasteiger partial charge in [-0.25, -0.2) is 9.97 Å². The zero-order valence-electron chi connectivity index (χ0n) is 18.4. The van der Waals surface area contributed by atoms with Crippen molar-refractivity contribution in [2.45, 2.75) is 12.8 Å². The molecule has 5 nitrogen and oxygen atoms in total. The molecule has 1 aromatic heterocycles. The molecular weight excluding hydrogens is 396 g/mol. The van der Waals surface area contributed by atoms with E-state index in [9.17, 15) is 0 Å². The molecule has 0 atom stereocenters. The van der Waals surface area contributed by atoms with Crippen molar-refractivity contribution in [1.82, 2.24) is 9.97 Å². The molecule has 0 radical (unpaired) electrons. The lowest BCUT2D eigenvalue weighted by molar-refractivity contribution is 0.411. The normalized spacial score (nSPS) is 14.6. The summed E-state index contributed by atoms with van der Waals surface area (Å²) >= 11 is 0. The molecule has 0 amide bonds. The number of fused-ring (bicyclic) bond motifs is 1. The van der Waals surface area contributed by atoms with Gasteiger partial charge in [0, 0.05) is 30.4 Å². The fourth-order valence-corrected chi connectivity index (χ4v) is 4.49. The van der Waals surface area contributed by atoms with E-state index in [-0.39, 0.29) is 0 Å². The highest BCUT2D eigenvalue weighted by atomic mass is 16.5. The van der Waals surface area contributed by atoms with E-state index in [4.69, 9.17) is 15.5 Å². The summed E-state index contributed by atoms with van der Waals surface area (Å²) in [5.41, 5.74) is 10.1. The molecule has 0 aliphatic carbocycles. The third-order valence-corrected chi connectivity index (χ3v) is 6.43. The number of anilines is 1. The largest absolute Gasteiger partial charge is 0.496 e. The summed E-state index contributed by atoms with van der Waals surface area (Å²) in [6.07, 6.45) is 4.07. The maximum Gasteiger partial charge on any atom is 0.225 e. The van der Waals surface area contributed by atoms with Gasteiger partial charge < -0.3 is 15.4 Å². The Hall–Kier alpha value is -3.44. The van der Waals surface area contributed by atoms with Crippen molar-refractivity contribution in [3.63, 3.8) is 0 Å². The third-order valence-electron chi connectivity index (χ3n) is 6.43. The third kappa shape index (κ3) is 4.04. The van der Waals surface area contributed by atoms with Gasteiger partial charge in [0.1, 0.15) is 5.75 Å². The highest BCUT2D eigenvalue weighted by molar-refractivity contribution is 5.91. The van der Waals surface area contributed by atoms with Gasteiger partial charge in [0.15, 0.2) is 0 Å². The maximum atomic E-state index is 5.83. The quantitative estimate of drug-likeness (QED) is 0.480. The fraction of sp³-hybridized carbons (Fsp3) is 0.259. The van der Waals surface area contributed by atoms with Crippen molar-refractivity contribution in [2.24, 2.45) is 11.7 Å². The van der Waals surface area contributed by atoms with E-state index >= 15 is 0 Å². The Morgan fingerprint density at radius 3 is 2.41 bits per heavy atom. The number of para-hydroxylation sites is 1. The van der Waals surface area contributed by atoms with Crippen molar-refractivity contribution in [2.75, 3.05) is 31.6 Å². The van der Waals surface area contributed by atoms with Crippen LogP contribution in [0.25, 0.3) is 33.2 Å². The summed E-state index contributed by atoms with van der Waals surface area (Å²) in [6.45, 7) is 2.70. The second-order valence-corrected chi connectivity index (χ2v) is 8.38. The van der Waals surface area contributed by atoms with Gasteiger partial charge in [-0.3, -0.25) is 0 Å². The Morgan fingerprint density at radius 1 is 0.938 bits per heavy atom. The van der Waals surface area contributed by atoms with Crippen LogP contribution in [-0.4, -0.2) is 36.7 Å². The van der Waals surface area contributed by atoms with Crippen molar-refractivity contribution in [1.29, 1.82) is 0 Å². The monoisotopic (exact) mass is 424 g/mol. The molecular formula is C27H28N4O. The van der Waals surface area contributed by atoms with Gasteiger partial charge in [-0.2, -0.15) is 0 Å². The van der Waals surface area contributed by atoms with Crippen LogP contribution >= 0.6 is 0 Å². The smallest absolute Gasteiger partial charge is 0.225 e. The Morgan fingerprint density at radius 2 is 1.66 bits per heavy atom. The first-order valence-corrected chi connectivity index (χ1v) is 11.2. The molecule has 0 spiro atoms. The lowest BCUT2D eigenvalue weighted by atomic mass is 9.97. The second-order valence-electron chi connectivity index (χ2n) is 8.38. The van der Waals surface area contributed by atoms with E-state index in [0.717, 1.165) is 66.6 Å². The van der Waals surface area contributed by atoms with Crippen LogP contribution in [0.5, 0.6) is 5.75 Å². The Kier molecular flexibility index (Phi) is 5.73. The van der Waals surface area contributed by atoms with Crippen LogP contribution in [0.15, 0.2) is 72.9 Å². The molecule has 1 aliphatic rings. The van der Waals surface area contributed by atoms with Crippen LogP contribution in [0.3, 0.4) is 0 Å². The van der Waals surface area contributed by atoms with Gasteiger partial charge in [-0.05, 0) is 65.9 Å². The number of methoxy groups -OCH3 is 1. The predicted octanol–water partition coefficient (Wildman–Crippen LogP) is 5.15. The average Bonchev–Trinajstić information content (AvgIpc) is 2.88. The number of nitrogens with two attached hydrogens (primary N) is 1. The highest BCUT2D eigenvalue weighted by Gasteiger charge is 2.20. The minimum atomic E-state index is 0.621. The molecule has 162 valence electrons. The number of hydrogen-bond donors (Lipinski definition) is 1. The molecule has 0 bridgehead atoms. The first-order chi connectivity index (χ1) is 15.7. The summed E-state index contributed by atoms with van der Waals surface area (Å²) in [6, 6.07) is 23.1. The molecule has 3 aromatic carbocycles. The summed E-state index contributed by atoms with van der Waals surface area (Å²) < 4.78 is 5.54. The first-order valence-electron chi connectivity index (χ1n) is 11.2. The van der Waals surface area contributed by atoms with Crippen LogP contribution in [0, 0.1) is 5.92 Å². The molecule has 5 heteroatoms. The molecule has 1 aliphatic heterocycles. The SMILES string of the molecule is COc1ccccc1-c1ccc2cc(-c3ccnc(N4CCC(CN)CC4)n3)ccc2c1. The topological polar surface area (TPSA) is 64.3 Å². The second kappa shape index (κ2) is 8.97. The van der Waals surface area contributed by atoms with Crippen LogP contribution in [0.1, 0.15) is 12.8 Å². The molecule has 0 unspecified atom stereocenters. The van der Waals surface area contributed by atoms with E-state index < -0.39 is 0 Å². The van der Waals surface area contributed by atoms with E-state index in [1.54, 1.807) is 7.11 Å². The number of hydrogen-bond acceptors (Lipinski definition) is 5. The van der Waals surface area contributed by atoms with Gasteiger partial charge in [0.25, 0.3) is 0 Å². The van der Waals surface area contributed by atoms with Crippen molar-refractivity contribution < 1.29 is 4.74 Å². The van der Waals surface area contributed by atoms with Gasteiger partial charge in [-0.15, -0.1) is 0 Å². The van der Waals surface area contributed by atoms with Crippen LogP contribution < -0.4 is 15.4 Å². The standard InChI is InChI=1S/C27H28N4O/c1-32-26-5-3-2-4-24(26)22-8-6-21-17-23(9-7-20(21)16-22)25-10-13-29-27(30-25)31-14-11-19(18-28)12-15-31/h2-10,13,16-17,19H,11-12,14-15,18,28H2,1H3. The zero-order valence-corrected chi connectivity index (χ0v) is 18.4. The van der Waals surface area contributed by atoms with Crippen molar-refractivity contribution in [3.8, 4) is 28.1 Å². The number of nitrogens with zero attached hydrogens (tertiary/aromatic N) is 3. The summed E-state index contributed by atoms with van der Waals surface area (Å²) in [7, 11) is 1.71. The Balaban J connectivity index is 1.43. The molecule has 1 saturated heterocycles. The molecule has 2 heterocycles. The van der Waals surface area contributed by atoms with Gasteiger partial charge in [0.05, 0.1) is 12.8 Å². The zero-order chi connectivity index (χ0) is 21.9. The number of piperidine rings is 1. The first kappa shape index (κ1) is 20.5. The minimum Gasteiger partial charge on any atom is -0.496 e. The minimum absolute atomic E-state index is 0.621. The molecule has 2 N–H and O–H groups in total. The number of aromatic nitrogens is 2. The van der Waals surface area contributed by atoms with Crippen LogP contribution in [0.2, 0.25) is 0 Å². The molecule has 0 saturated carbocycles. The molecule has 4 aromatic rings. The van der Waals surface area contributed by atoms with Crippen molar-refractivity contribution in [3.05, 3.63) is 72.9 Å². The maximum absolute atomic E-state index is 5.83. The molecule has 32 heavy (non-hydrogen) atoms. The number of benzene rings is 3. The van der Waals surface area contributed by atoms with E-state index in [1.807, 2.05) is 30.5 Å². The van der Waals surface area contributed by atoms with E-state index in [1.165, 1.54) is 10.8 Å². The summed E-state index contributed by atoms with van der Waals surface area (Å²) in [4.78, 5) is 11.7. The highest BCUT2D eigenvalue weighted by Crippen LogP contribution is 2.33. The Bertz CT molecular complexity index is 1230. The average molecular weight is 425 g/mol. The molecule has 5 rings (SSSR count). The number of ether oxygens (including phenoxy) is 1. The predicted molar refractivity (Wildman–Crippen MR) is 131 cm³/mol. The van der Waals surface area contributed by atoms with E-state index in [2.05, 4.69) is 52.3 Å².